The van der Waals surface area contributed by atoms with E-state index in [4.69, 9.17) is 4.74 Å². The lowest BCUT2D eigenvalue weighted by molar-refractivity contribution is -0.141. The Bertz CT molecular complexity index is 759. The smallest absolute Gasteiger partial charge is 0.240 e. The number of carbonyl (C=O) groups excluding carboxylic acids is 1. The second-order valence-electron chi connectivity index (χ2n) is 7.03. The molecule has 1 aliphatic heterocycles. The Morgan fingerprint density at radius 1 is 1.24 bits per heavy atom. The summed E-state index contributed by atoms with van der Waals surface area (Å²) in [6, 6.07) is 12.4. The van der Waals surface area contributed by atoms with E-state index in [-0.39, 0.29) is 5.91 Å². The lowest BCUT2D eigenvalue weighted by atomic mass is 9.84. The van der Waals surface area contributed by atoms with Gasteiger partial charge in [0, 0.05) is 25.0 Å². The molecule has 25 heavy (non-hydrogen) atoms. The summed E-state index contributed by atoms with van der Waals surface area (Å²) in [5.74, 6) is 1.05. The van der Waals surface area contributed by atoms with Crippen LogP contribution in [0.15, 0.2) is 36.4 Å². The van der Waals surface area contributed by atoms with Crippen LogP contribution in [0.4, 0.5) is 0 Å². The summed E-state index contributed by atoms with van der Waals surface area (Å²) in [6.07, 6.45) is 3.04. The maximum Gasteiger partial charge on any atom is 0.240 e. The summed E-state index contributed by atoms with van der Waals surface area (Å²) in [6.45, 7) is 6.70. The Labute approximate surface area is 150 Å². The summed E-state index contributed by atoms with van der Waals surface area (Å²) in [5, 5.41) is 5.42. The van der Waals surface area contributed by atoms with Gasteiger partial charge in [-0.05, 0) is 36.8 Å². The number of unbranched alkanes of at least 4 members (excludes halogenated alkanes) is 1. The van der Waals surface area contributed by atoms with E-state index in [2.05, 4.69) is 48.3 Å². The van der Waals surface area contributed by atoms with E-state index in [1.165, 1.54) is 10.9 Å². The van der Waals surface area contributed by atoms with E-state index in [9.17, 15) is 4.79 Å². The van der Waals surface area contributed by atoms with E-state index in [0.29, 0.717) is 0 Å². The first kappa shape index (κ1) is 17.7. The summed E-state index contributed by atoms with van der Waals surface area (Å²) < 4.78 is 5.48. The average Bonchev–Trinajstić information content (AvgIpc) is 2.64. The second-order valence-corrected chi connectivity index (χ2v) is 7.03. The van der Waals surface area contributed by atoms with Gasteiger partial charge in [0.2, 0.25) is 5.91 Å². The van der Waals surface area contributed by atoms with Gasteiger partial charge in [0.25, 0.3) is 0 Å². The Hall–Kier alpha value is -2.07. The fourth-order valence-corrected chi connectivity index (χ4v) is 3.54. The van der Waals surface area contributed by atoms with Crippen molar-refractivity contribution in [1.82, 2.24) is 10.2 Å². The minimum Gasteiger partial charge on any atom is -0.496 e. The van der Waals surface area contributed by atoms with Crippen LogP contribution in [0.1, 0.15) is 38.7 Å². The van der Waals surface area contributed by atoms with Crippen LogP contribution in [0.25, 0.3) is 10.8 Å². The van der Waals surface area contributed by atoms with Crippen molar-refractivity contribution in [2.75, 3.05) is 20.2 Å². The Kier molecular flexibility index (Phi) is 5.28. The molecule has 1 amide bonds. The van der Waals surface area contributed by atoms with Crippen molar-refractivity contribution in [3.63, 3.8) is 0 Å². The van der Waals surface area contributed by atoms with E-state index in [0.717, 1.165) is 50.0 Å². The molecule has 1 unspecified atom stereocenters. The maximum atomic E-state index is 12.6. The third kappa shape index (κ3) is 3.36. The molecule has 4 nitrogen and oxygen atoms in total. The molecule has 134 valence electrons. The van der Waals surface area contributed by atoms with Crippen LogP contribution in [0.5, 0.6) is 5.75 Å². The number of nitrogens with zero attached hydrogens (tertiary/aromatic N) is 1. The van der Waals surface area contributed by atoms with Crippen molar-refractivity contribution < 1.29 is 9.53 Å². The van der Waals surface area contributed by atoms with Crippen LogP contribution in [-0.2, 0) is 11.3 Å². The van der Waals surface area contributed by atoms with E-state index < -0.39 is 5.54 Å². The molecule has 0 bridgehead atoms. The Morgan fingerprint density at radius 2 is 2.00 bits per heavy atom. The molecule has 1 heterocycles. The molecule has 0 radical (unpaired) electrons. The van der Waals surface area contributed by atoms with Crippen LogP contribution >= 0.6 is 0 Å². The van der Waals surface area contributed by atoms with Crippen LogP contribution in [0.2, 0.25) is 0 Å². The zero-order valence-electron chi connectivity index (χ0n) is 15.5. The fraction of sp³-hybridized carbons (Fsp3) is 0.476. The standard InChI is InChI=1S/C21H28N2O2/c1-4-5-13-22-20(24)21(2)12-14-23(21)15-16-10-11-19(25-3)18-9-7-6-8-17(16)18/h6-11H,4-5,12-15H2,1-3H3,(H,22,24). The number of nitrogens with one attached hydrogen (secondary N) is 1. The fourth-order valence-electron chi connectivity index (χ4n) is 3.54. The molecule has 3 rings (SSSR count). The maximum absolute atomic E-state index is 12.6. The lowest BCUT2D eigenvalue weighted by Crippen LogP contribution is -2.65. The molecule has 2 aromatic carbocycles. The molecular weight excluding hydrogens is 312 g/mol. The molecule has 0 spiro atoms. The van der Waals surface area contributed by atoms with E-state index in [1.54, 1.807) is 7.11 Å². The third-order valence-corrected chi connectivity index (χ3v) is 5.43. The van der Waals surface area contributed by atoms with Crippen molar-refractivity contribution in [2.45, 2.75) is 45.2 Å². The number of methoxy groups -OCH3 is 1. The highest BCUT2D eigenvalue weighted by atomic mass is 16.5. The molecule has 0 aliphatic carbocycles. The van der Waals surface area contributed by atoms with Crippen molar-refractivity contribution in [2.24, 2.45) is 0 Å². The third-order valence-electron chi connectivity index (χ3n) is 5.43. The highest BCUT2D eigenvalue weighted by Crippen LogP contribution is 2.35. The zero-order valence-corrected chi connectivity index (χ0v) is 15.5. The molecule has 0 aromatic heterocycles. The molecule has 0 saturated carbocycles. The number of hydrogen-bond acceptors (Lipinski definition) is 3. The lowest BCUT2D eigenvalue weighted by Gasteiger charge is -2.49. The van der Waals surface area contributed by atoms with Gasteiger partial charge >= 0.3 is 0 Å². The number of rotatable bonds is 7. The number of ether oxygens (including phenoxy) is 1. The topological polar surface area (TPSA) is 41.6 Å². The number of amides is 1. The van der Waals surface area contributed by atoms with Gasteiger partial charge in [0.05, 0.1) is 12.6 Å². The van der Waals surface area contributed by atoms with Gasteiger partial charge in [0.1, 0.15) is 5.75 Å². The Morgan fingerprint density at radius 3 is 2.64 bits per heavy atom. The molecule has 1 aliphatic rings. The van der Waals surface area contributed by atoms with Crippen molar-refractivity contribution >= 4 is 16.7 Å². The SMILES string of the molecule is CCCCNC(=O)C1(C)CCN1Cc1ccc(OC)c2ccccc12. The first-order valence-corrected chi connectivity index (χ1v) is 9.18. The number of benzene rings is 2. The number of likely N-dealkylation sites (tertiary alicyclic amines) is 1. The van der Waals surface area contributed by atoms with Crippen LogP contribution < -0.4 is 10.1 Å². The van der Waals surface area contributed by atoms with Gasteiger partial charge in [-0.2, -0.15) is 0 Å². The number of hydrogen-bond donors (Lipinski definition) is 1. The molecule has 1 saturated heterocycles. The highest BCUT2D eigenvalue weighted by Gasteiger charge is 2.46. The molecule has 1 atom stereocenters. The predicted molar refractivity (Wildman–Crippen MR) is 102 cm³/mol. The predicted octanol–water partition coefficient (Wildman–Crippen LogP) is 3.73. The molecule has 4 heteroatoms. The minimum atomic E-state index is -0.394. The molecule has 1 N–H and O–H groups in total. The van der Waals surface area contributed by atoms with Crippen LogP contribution in [0.3, 0.4) is 0 Å². The first-order valence-electron chi connectivity index (χ1n) is 9.18. The largest absolute Gasteiger partial charge is 0.496 e. The van der Waals surface area contributed by atoms with E-state index in [1.807, 2.05) is 12.1 Å². The van der Waals surface area contributed by atoms with Crippen LogP contribution in [-0.4, -0.2) is 36.5 Å². The summed E-state index contributed by atoms with van der Waals surface area (Å²) >= 11 is 0. The van der Waals surface area contributed by atoms with Crippen LogP contribution in [0, 0.1) is 0 Å². The van der Waals surface area contributed by atoms with Gasteiger partial charge in [-0.3, -0.25) is 9.69 Å². The molecular formula is C21H28N2O2. The zero-order chi connectivity index (χ0) is 17.9. The van der Waals surface area contributed by atoms with Gasteiger partial charge in [-0.1, -0.05) is 43.7 Å². The average molecular weight is 340 g/mol. The quantitative estimate of drug-likeness (QED) is 0.781. The normalized spacial score (nSPS) is 20.3. The van der Waals surface area contributed by atoms with Gasteiger partial charge in [-0.15, -0.1) is 0 Å². The highest BCUT2D eigenvalue weighted by molar-refractivity contribution is 5.91. The summed E-state index contributed by atoms with van der Waals surface area (Å²) in [5.41, 5.74) is 0.845. The van der Waals surface area contributed by atoms with Crippen molar-refractivity contribution in [3.05, 3.63) is 42.0 Å². The Balaban J connectivity index is 1.79. The summed E-state index contributed by atoms with van der Waals surface area (Å²) in [7, 11) is 1.70. The van der Waals surface area contributed by atoms with Crippen molar-refractivity contribution in [3.8, 4) is 5.75 Å². The first-order chi connectivity index (χ1) is 12.1. The van der Waals surface area contributed by atoms with Gasteiger partial charge in [0.15, 0.2) is 0 Å². The molecule has 2 aromatic rings. The summed E-state index contributed by atoms with van der Waals surface area (Å²) in [4.78, 5) is 14.9. The van der Waals surface area contributed by atoms with Gasteiger partial charge < -0.3 is 10.1 Å². The number of carbonyl (C=O) groups is 1. The monoisotopic (exact) mass is 340 g/mol. The molecule has 1 fully saturated rings. The number of fused-ring (bicyclic) bond motifs is 1. The second kappa shape index (κ2) is 7.44. The minimum absolute atomic E-state index is 0.157. The van der Waals surface area contributed by atoms with Crippen molar-refractivity contribution in [1.29, 1.82) is 0 Å². The van der Waals surface area contributed by atoms with Gasteiger partial charge in [-0.25, -0.2) is 0 Å². The van der Waals surface area contributed by atoms with E-state index >= 15 is 0 Å².